The third kappa shape index (κ3) is 2.58. The van der Waals surface area contributed by atoms with Gasteiger partial charge in [0, 0.05) is 0 Å². The summed E-state index contributed by atoms with van der Waals surface area (Å²) in [5, 5.41) is 8.89. The van der Waals surface area contributed by atoms with E-state index in [1.807, 2.05) is 6.92 Å². The fourth-order valence-electron chi connectivity index (χ4n) is 1.25. The summed E-state index contributed by atoms with van der Waals surface area (Å²) in [6.07, 6.45) is 0.360. The number of rotatable bonds is 3. The van der Waals surface area contributed by atoms with E-state index in [1.54, 1.807) is 0 Å². The molecule has 0 spiro atoms. The van der Waals surface area contributed by atoms with E-state index in [0.29, 0.717) is 13.0 Å². The number of nitrogens with two attached hydrogens (primary N) is 1. The van der Waals surface area contributed by atoms with Gasteiger partial charge in [0.15, 0.2) is 11.6 Å². The lowest BCUT2D eigenvalue weighted by molar-refractivity contribution is 0.441. The van der Waals surface area contributed by atoms with Crippen LogP contribution in [0.3, 0.4) is 0 Å². The highest BCUT2D eigenvalue weighted by molar-refractivity contribution is 6.32. The van der Waals surface area contributed by atoms with Gasteiger partial charge in [-0.05, 0) is 30.5 Å². The molecule has 0 saturated heterocycles. The van der Waals surface area contributed by atoms with Crippen LogP contribution >= 0.6 is 11.6 Å². The van der Waals surface area contributed by atoms with E-state index < -0.39 is 22.4 Å². The molecule has 0 aliphatic rings. The third-order valence-corrected chi connectivity index (χ3v) is 2.53. The summed E-state index contributed by atoms with van der Waals surface area (Å²) in [5.74, 6) is -2.62. The number of hydrogen-bond donors (Lipinski definition) is 2. The molecule has 2 nitrogen and oxygen atoms in total. The average Bonchev–Trinajstić information content (AvgIpc) is 2.22. The topological polar surface area (TPSA) is 46.2 Å². The molecule has 3 N–H and O–H groups in total. The normalized spacial score (nSPS) is 12.9. The summed E-state index contributed by atoms with van der Waals surface area (Å²) < 4.78 is 25.9. The van der Waals surface area contributed by atoms with E-state index in [9.17, 15) is 13.9 Å². The molecule has 0 amide bonds. The minimum atomic E-state index is -1.22. The van der Waals surface area contributed by atoms with Gasteiger partial charge in [0.2, 0.25) is 0 Å². The predicted octanol–water partition coefficient (Wildman–Crippen LogP) is 2.46. The molecule has 0 radical (unpaired) electrons. The third-order valence-electron chi connectivity index (χ3n) is 2.19. The van der Waals surface area contributed by atoms with Crippen molar-refractivity contribution in [2.24, 2.45) is 11.7 Å². The molecule has 1 aromatic carbocycles. The molecule has 0 bridgehead atoms. The van der Waals surface area contributed by atoms with E-state index in [1.165, 1.54) is 0 Å². The summed E-state index contributed by atoms with van der Waals surface area (Å²) in [6, 6.07) is 0.947. The van der Waals surface area contributed by atoms with Crippen molar-refractivity contribution >= 4 is 11.6 Å². The maximum absolute atomic E-state index is 13.0. The highest BCUT2D eigenvalue weighted by Crippen LogP contribution is 2.33. The van der Waals surface area contributed by atoms with Crippen molar-refractivity contribution in [1.82, 2.24) is 0 Å². The number of phenolic OH excluding ortho intramolecular Hbond substituents is 1. The van der Waals surface area contributed by atoms with Crippen LogP contribution in [0.15, 0.2) is 6.07 Å². The Morgan fingerprint density at radius 2 is 2.13 bits per heavy atom. The first-order chi connectivity index (χ1) is 6.97. The Bertz CT molecular complexity index is 371. The lowest BCUT2D eigenvalue weighted by atomic mass is 10.0. The van der Waals surface area contributed by atoms with Gasteiger partial charge in [0.25, 0.3) is 0 Å². The summed E-state index contributed by atoms with van der Waals surface area (Å²) >= 11 is 5.42. The monoisotopic (exact) mass is 235 g/mol. The van der Waals surface area contributed by atoms with Crippen LogP contribution in [0.2, 0.25) is 5.02 Å². The van der Waals surface area contributed by atoms with Crippen LogP contribution in [-0.2, 0) is 6.42 Å². The maximum Gasteiger partial charge on any atom is 0.181 e. The SMILES string of the molecule is CC(CN)Cc1cc(F)c(F)c(Cl)c1O. The van der Waals surface area contributed by atoms with Crippen LogP contribution in [-0.4, -0.2) is 11.7 Å². The number of halogens is 3. The molecule has 1 aromatic rings. The predicted molar refractivity (Wildman–Crippen MR) is 55.0 cm³/mol. The number of phenols is 1. The van der Waals surface area contributed by atoms with E-state index in [4.69, 9.17) is 17.3 Å². The Hall–Kier alpha value is -0.870. The molecule has 5 heteroatoms. The van der Waals surface area contributed by atoms with E-state index in [2.05, 4.69) is 0 Å². The average molecular weight is 236 g/mol. The first kappa shape index (κ1) is 12.2. The highest BCUT2D eigenvalue weighted by atomic mass is 35.5. The van der Waals surface area contributed by atoms with Gasteiger partial charge in [-0.25, -0.2) is 8.78 Å². The van der Waals surface area contributed by atoms with Crippen molar-refractivity contribution in [3.05, 3.63) is 28.3 Å². The Balaban J connectivity index is 3.09. The zero-order valence-electron chi connectivity index (χ0n) is 8.23. The molecule has 1 atom stereocenters. The number of benzene rings is 1. The Labute approximate surface area is 91.7 Å². The summed E-state index contributed by atoms with van der Waals surface area (Å²) in [4.78, 5) is 0. The fraction of sp³-hybridized carbons (Fsp3) is 0.400. The maximum atomic E-state index is 13.0. The highest BCUT2D eigenvalue weighted by Gasteiger charge is 2.17. The number of hydrogen-bond acceptors (Lipinski definition) is 2. The van der Waals surface area contributed by atoms with Crippen molar-refractivity contribution in [2.75, 3.05) is 6.54 Å². The summed E-state index contributed by atoms with van der Waals surface area (Å²) in [7, 11) is 0. The van der Waals surface area contributed by atoms with E-state index in [-0.39, 0.29) is 11.5 Å². The van der Waals surface area contributed by atoms with Gasteiger partial charge in [-0.15, -0.1) is 0 Å². The molecule has 15 heavy (non-hydrogen) atoms. The summed E-state index contributed by atoms with van der Waals surface area (Å²) in [5.41, 5.74) is 5.67. The first-order valence-corrected chi connectivity index (χ1v) is 4.90. The van der Waals surface area contributed by atoms with Crippen molar-refractivity contribution in [3.8, 4) is 5.75 Å². The van der Waals surface area contributed by atoms with Gasteiger partial charge in [0.1, 0.15) is 10.8 Å². The van der Waals surface area contributed by atoms with Crippen molar-refractivity contribution in [1.29, 1.82) is 0 Å². The molecule has 0 fully saturated rings. The number of aromatic hydroxyl groups is 1. The molecule has 0 heterocycles. The molecule has 0 aliphatic heterocycles. The smallest absolute Gasteiger partial charge is 0.181 e. The molecule has 84 valence electrons. The van der Waals surface area contributed by atoms with Gasteiger partial charge in [-0.3, -0.25) is 0 Å². The van der Waals surface area contributed by atoms with Gasteiger partial charge in [-0.2, -0.15) is 0 Å². The van der Waals surface area contributed by atoms with Crippen LogP contribution in [0, 0.1) is 17.6 Å². The van der Waals surface area contributed by atoms with Gasteiger partial charge < -0.3 is 10.8 Å². The van der Waals surface area contributed by atoms with Crippen LogP contribution < -0.4 is 5.73 Å². The quantitative estimate of drug-likeness (QED) is 0.791. The second-order valence-electron chi connectivity index (χ2n) is 3.54. The molecular weight excluding hydrogens is 224 g/mol. The lowest BCUT2D eigenvalue weighted by Gasteiger charge is -2.11. The lowest BCUT2D eigenvalue weighted by Crippen LogP contribution is -2.13. The Morgan fingerprint density at radius 3 is 2.67 bits per heavy atom. The van der Waals surface area contributed by atoms with E-state index >= 15 is 0 Å². The zero-order valence-corrected chi connectivity index (χ0v) is 8.98. The van der Waals surface area contributed by atoms with Crippen molar-refractivity contribution in [3.63, 3.8) is 0 Å². The molecular formula is C10H12ClF2NO. The second-order valence-corrected chi connectivity index (χ2v) is 3.92. The van der Waals surface area contributed by atoms with Crippen LogP contribution in [0.5, 0.6) is 5.75 Å². The Morgan fingerprint density at radius 1 is 1.53 bits per heavy atom. The largest absolute Gasteiger partial charge is 0.506 e. The molecule has 0 saturated carbocycles. The minimum Gasteiger partial charge on any atom is -0.506 e. The van der Waals surface area contributed by atoms with Crippen LogP contribution in [0.1, 0.15) is 12.5 Å². The molecule has 0 aliphatic carbocycles. The molecule has 0 aromatic heterocycles. The van der Waals surface area contributed by atoms with Gasteiger partial charge in [0.05, 0.1) is 0 Å². The minimum absolute atomic E-state index is 0.0665. The fourth-order valence-corrected chi connectivity index (χ4v) is 1.46. The van der Waals surface area contributed by atoms with Crippen LogP contribution in [0.25, 0.3) is 0 Å². The summed E-state index contributed by atoms with van der Waals surface area (Å²) in [6.45, 7) is 2.24. The van der Waals surface area contributed by atoms with Crippen molar-refractivity contribution in [2.45, 2.75) is 13.3 Å². The molecule has 1 rings (SSSR count). The van der Waals surface area contributed by atoms with Crippen LogP contribution in [0.4, 0.5) is 8.78 Å². The molecule has 1 unspecified atom stereocenters. The van der Waals surface area contributed by atoms with Gasteiger partial charge in [-0.1, -0.05) is 18.5 Å². The first-order valence-electron chi connectivity index (χ1n) is 4.52. The second kappa shape index (κ2) is 4.77. The Kier molecular flexibility index (Phi) is 3.88. The zero-order chi connectivity index (χ0) is 11.6. The van der Waals surface area contributed by atoms with E-state index in [0.717, 1.165) is 6.07 Å². The standard InChI is InChI=1S/C10H12ClF2NO/c1-5(4-14)2-6-3-7(12)9(13)8(11)10(6)15/h3,5,15H,2,4,14H2,1H3. The van der Waals surface area contributed by atoms with Crippen molar-refractivity contribution < 1.29 is 13.9 Å². The van der Waals surface area contributed by atoms with Gasteiger partial charge >= 0.3 is 0 Å².